The van der Waals surface area contributed by atoms with Crippen LogP contribution < -0.4 is 16.0 Å². The molecule has 0 spiro atoms. The summed E-state index contributed by atoms with van der Waals surface area (Å²) in [5, 5.41) is 9.06. The molecule has 1 aliphatic heterocycles. The maximum atomic E-state index is 12.0. The Bertz CT molecular complexity index is 468. The molecule has 150 valence electrons. The summed E-state index contributed by atoms with van der Waals surface area (Å²) in [5.41, 5.74) is -0.489. The van der Waals surface area contributed by atoms with Crippen LogP contribution in [0.25, 0.3) is 0 Å². The van der Waals surface area contributed by atoms with E-state index < -0.39 is 11.7 Å². The number of amides is 2. The molecule has 0 aromatic heterocycles. The quantitative estimate of drug-likeness (QED) is 0.342. The van der Waals surface area contributed by atoms with E-state index in [9.17, 15) is 9.59 Å². The standard InChI is InChI=1S/C18H35N5O3/c1-5-19-16(21-12-9-15(24)23-13-6-7-14-23)20-10-8-11-22-17(25)26-18(2,3)4/h5-14H2,1-4H3,(H,22,25)(H2,19,20,21). The number of carbonyl (C=O) groups is 2. The zero-order valence-corrected chi connectivity index (χ0v) is 16.7. The average molecular weight is 370 g/mol. The van der Waals surface area contributed by atoms with Gasteiger partial charge in [0.05, 0.1) is 0 Å². The minimum atomic E-state index is -0.489. The first-order chi connectivity index (χ1) is 12.3. The molecule has 0 radical (unpaired) electrons. The highest BCUT2D eigenvalue weighted by atomic mass is 16.6. The van der Waals surface area contributed by atoms with Crippen molar-refractivity contribution < 1.29 is 14.3 Å². The smallest absolute Gasteiger partial charge is 0.407 e. The van der Waals surface area contributed by atoms with Gasteiger partial charge in [0.2, 0.25) is 5.91 Å². The summed E-state index contributed by atoms with van der Waals surface area (Å²) in [5.74, 6) is 0.895. The predicted octanol–water partition coefficient (Wildman–Crippen LogP) is 1.47. The number of alkyl carbamates (subject to hydrolysis) is 1. The van der Waals surface area contributed by atoms with Gasteiger partial charge in [0.25, 0.3) is 0 Å². The van der Waals surface area contributed by atoms with Crippen LogP contribution in [0.3, 0.4) is 0 Å². The largest absolute Gasteiger partial charge is 0.444 e. The number of nitrogens with zero attached hydrogens (tertiary/aromatic N) is 2. The number of rotatable bonds is 8. The third-order valence-electron chi connectivity index (χ3n) is 3.71. The van der Waals surface area contributed by atoms with Crippen molar-refractivity contribution in [3.8, 4) is 0 Å². The SMILES string of the molecule is CCNC(=NCCCNC(=O)OC(C)(C)C)NCCC(=O)N1CCCC1. The molecule has 0 aliphatic carbocycles. The Balaban J connectivity index is 2.21. The highest BCUT2D eigenvalue weighted by molar-refractivity contribution is 5.81. The van der Waals surface area contributed by atoms with Gasteiger partial charge in [0, 0.05) is 45.7 Å². The summed E-state index contributed by atoms with van der Waals surface area (Å²) in [6.07, 6.45) is 3.00. The maximum Gasteiger partial charge on any atom is 0.407 e. The number of likely N-dealkylation sites (tertiary alicyclic amines) is 1. The molecule has 8 heteroatoms. The molecule has 2 amide bonds. The summed E-state index contributed by atoms with van der Waals surface area (Å²) in [7, 11) is 0. The second kappa shape index (κ2) is 11.6. The van der Waals surface area contributed by atoms with E-state index in [2.05, 4.69) is 20.9 Å². The summed E-state index contributed by atoms with van der Waals surface area (Å²) in [6.45, 7) is 11.7. The molecule has 1 rings (SSSR count). The van der Waals surface area contributed by atoms with Gasteiger partial charge in [0.15, 0.2) is 5.96 Å². The molecular weight excluding hydrogens is 334 g/mol. The monoisotopic (exact) mass is 369 g/mol. The van der Waals surface area contributed by atoms with E-state index in [1.807, 2.05) is 32.6 Å². The Hall–Kier alpha value is -1.99. The average Bonchev–Trinajstić information content (AvgIpc) is 3.07. The van der Waals surface area contributed by atoms with Crippen molar-refractivity contribution >= 4 is 18.0 Å². The van der Waals surface area contributed by atoms with Gasteiger partial charge in [-0.25, -0.2) is 4.79 Å². The fourth-order valence-electron chi connectivity index (χ4n) is 2.53. The van der Waals surface area contributed by atoms with Crippen LogP contribution >= 0.6 is 0 Å². The van der Waals surface area contributed by atoms with Crippen molar-refractivity contribution in [3.05, 3.63) is 0 Å². The molecule has 1 heterocycles. The van der Waals surface area contributed by atoms with E-state index in [1.54, 1.807) is 0 Å². The minimum Gasteiger partial charge on any atom is -0.444 e. The first kappa shape index (κ1) is 22.1. The van der Waals surface area contributed by atoms with E-state index in [-0.39, 0.29) is 5.91 Å². The number of carbonyl (C=O) groups excluding carboxylic acids is 2. The lowest BCUT2D eigenvalue weighted by Gasteiger charge is -2.19. The molecule has 1 fully saturated rings. The van der Waals surface area contributed by atoms with Crippen molar-refractivity contribution in [2.75, 3.05) is 39.3 Å². The van der Waals surface area contributed by atoms with Crippen LogP contribution in [0.5, 0.6) is 0 Å². The van der Waals surface area contributed by atoms with Gasteiger partial charge in [-0.1, -0.05) is 0 Å². The molecule has 3 N–H and O–H groups in total. The van der Waals surface area contributed by atoms with Crippen LogP contribution in [0, 0.1) is 0 Å². The van der Waals surface area contributed by atoms with Gasteiger partial charge in [-0.05, 0) is 47.0 Å². The fraction of sp³-hybridized carbons (Fsp3) is 0.833. The number of aliphatic imine (C=N–C) groups is 1. The summed E-state index contributed by atoms with van der Waals surface area (Å²) >= 11 is 0. The van der Waals surface area contributed by atoms with Crippen LogP contribution in [0.2, 0.25) is 0 Å². The molecule has 8 nitrogen and oxygen atoms in total. The van der Waals surface area contributed by atoms with Gasteiger partial charge in [-0.2, -0.15) is 0 Å². The lowest BCUT2D eigenvalue weighted by atomic mass is 10.2. The topological polar surface area (TPSA) is 95.1 Å². The highest BCUT2D eigenvalue weighted by Gasteiger charge is 2.17. The van der Waals surface area contributed by atoms with E-state index in [4.69, 9.17) is 4.74 Å². The van der Waals surface area contributed by atoms with Crippen molar-refractivity contribution in [1.29, 1.82) is 0 Å². The second-order valence-electron chi connectivity index (χ2n) is 7.31. The van der Waals surface area contributed by atoms with E-state index in [1.165, 1.54) is 0 Å². The molecule has 0 bridgehead atoms. The summed E-state index contributed by atoms with van der Waals surface area (Å²) in [4.78, 5) is 29.9. The van der Waals surface area contributed by atoms with Crippen LogP contribution in [0.4, 0.5) is 4.79 Å². The highest BCUT2D eigenvalue weighted by Crippen LogP contribution is 2.08. The van der Waals surface area contributed by atoms with Crippen molar-refractivity contribution in [1.82, 2.24) is 20.9 Å². The molecule has 0 saturated carbocycles. The summed E-state index contributed by atoms with van der Waals surface area (Å²) in [6, 6.07) is 0. The first-order valence-electron chi connectivity index (χ1n) is 9.58. The molecule has 0 unspecified atom stereocenters. The maximum absolute atomic E-state index is 12.0. The van der Waals surface area contributed by atoms with Crippen molar-refractivity contribution in [2.24, 2.45) is 4.99 Å². The van der Waals surface area contributed by atoms with Crippen LogP contribution in [0.15, 0.2) is 4.99 Å². The van der Waals surface area contributed by atoms with Crippen LogP contribution in [0.1, 0.15) is 53.4 Å². The van der Waals surface area contributed by atoms with Crippen molar-refractivity contribution in [2.45, 2.75) is 59.0 Å². The lowest BCUT2D eigenvalue weighted by molar-refractivity contribution is -0.129. The van der Waals surface area contributed by atoms with Crippen LogP contribution in [-0.4, -0.2) is 67.7 Å². The van der Waals surface area contributed by atoms with E-state index in [0.717, 1.165) is 32.5 Å². The fourth-order valence-corrected chi connectivity index (χ4v) is 2.53. The van der Waals surface area contributed by atoms with Gasteiger partial charge >= 0.3 is 6.09 Å². The Morgan fingerprint density at radius 3 is 2.38 bits per heavy atom. The number of hydrogen-bond donors (Lipinski definition) is 3. The number of hydrogen-bond acceptors (Lipinski definition) is 4. The number of guanidine groups is 1. The Morgan fingerprint density at radius 1 is 1.08 bits per heavy atom. The molecule has 1 aliphatic rings. The van der Waals surface area contributed by atoms with Gasteiger partial charge in [0.1, 0.15) is 5.60 Å². The number of ether oxygens (including phenoxy) is 1. The molecule has 1 saturated heterocycles. The van der Waals surface area contributed by atoms with E-state index in [0.29, 0.717) is 38.4 Å². The number of nitrogens with one attached hydrogen (secondary N) is 3. The molecule has 0 aromatic carbocycles. The molecule has 26 heavy (non-hydrogen) atoms. The normalized spacial score (nSPS) is 14.9. The Morgan fingerprint density at radius 2 is 1.77 bits per heavy atom. The third kappa shape index (κ3) is 10.1. The van der Waals surface area contributed by atoms with Gasteiger partial charge in [-0.3, -0.25) is 9.79 Å². The second-order valence-corrected chi connectivity index (χ2v) is 7.31. The molecule has 0 atom stereocenters. The zero-order chi connectivity index (χ0) is 19.4. The molecular formula is C18H35N5O3. The van der Waals surface area contributed by atoms with Gasteiger partial charge < -0.3 is 25.6 Å². The summed E-state index contributed by atoms with van der Waals surface area (Å²) < 4.78 is 5.18. The van der Waals surface area contributed by atoms with Crippen LogP contribution in [-0.2, 0) is 9.53 Å². The Kier molecular flexibility index (Phi) is 9.83. The van der Waals surface area contributed by atoms with E-state index >= 15 is 0 Å². The lowest BCUT2D eigenvalue weighted by Crippen LogP contribution is -2.40. The first-order valence-corrected chi connectivity index (χ1v) is 9.58. The van der Waals surface area contributed by atoms with Gasteiger partial charge in [-0.15, -0.1) is 0 Å². The minimum absolute atomic E-state index is 0.201. The third-order valence-corrected chi connectivity index (χ3v) is 3.71. The predicted molar refractivity (Wildman–Crippen MR) is 103 cm³/mol. The Labute approximate surface area is 157 Å². The molecule has 0 aromatic rings. The zero-order valence-electron chi connectivity index (χ0n) is 16.7. The van der Waals surface area contributed by atoms with Crippen molar-refractivity contribution in [3.63, 3.8) is 0 Å².